The van der Waals surface area contributed by atoms with Crippen molar-refractivity contribution in [1.82, 2.24) is 9.55 Å². The number of aromatic nitrogens is 2. The summed E-state index contributed by atoms with van der Waals surface area (Å²) in [7, 11) is 0. The van der Waals surface area contributed by atoms with Gasteiger partial charge in [0.2, 0.25) is 0 Å². The molecule has 3 rings (SSSR count). The Labute approximate surface area is 114 Å². The molecule has 0 radical (unpaired) electrons. The van der Waals surface area contributed by atoms with Gasteiger partial charge in [-0.3, -0.25) is 0 Å². The average molecular weight is 281 g/mol. The van der Waals surface area contributed by atoms with Crippen LogP contribution in [0.4, 0.5) is 18.9 Å². The number of nitrogens with zero attached hydrogens (tertiary/aromatic N) is 3. The zero-order valence-corrected chi connectivity index (χ0v) is 10.8. The summed E-state index contributed by atoms with van der Waals surface area (Å²) in [5.74, 6) is 0. The minimum absolute atomic E-state index is 0.608. The first kappa shape index (κ1) is 13.0. The fourth-order valence-electron chi connectivity index (χ4n) is 2.53. The molecular weight excluding hydrogens is 267 g/mol. The minimum atomic E-state index is -4.32. The quantitative estimate of drug-likeness (QED) is 0.840. The highest BCUT2D eigenvalue weighted by Crippen LogP contribution is 2.35. The van der Waals surface area contributed by atoms with E-state index >= 15 is 0 Å². The highest BCUT2D eigenvalue weighted by atomic mass is 19.4. The van der Waals surface area contributed by atoms with Crippen molar-refractivity contribution in [2.45, 2.75) is 19.0 Å². The van der Waals surface area contributed by atoms with Gasteiger partial charge in [0.1, 0.15) is 0 Å². The molecule has 106 valence electrons. The molecule has 1 aromatic carbocycles. The lowest BCUT2D eigenvalue weighted by Crippen LogP contribution is -2.20. The molecule has 1 aliphatic rings. The van der Waals surface area contributed by atoms with Gasteiger partial charge in [-0.2, -0.15) is 13.2 Å². The van der Waals surface area contributed by atoms with Crippen LogP contribution in [-0.4, -0.2) is 22.6 Å². The first-order valence-corrected chi connectivity index (χ1v) is 6.50. The standard InChI is InChI=1S/C14H14F3N3/c15-14(16,17)11-3-4-12(20-8-5-18-10-20)13(9-11)19-6-1-2-7-19/h3-5,8-10H,1-2,6-7H2. The summed E-state index contributed by atoms with van der Waals surface area (Å²) >= 11 is 0. The molecule has 0 spiro atoms. The molecule has 0 saturated carbocycles. The van der Waals surface area contributed by atoms with E-state index in [4.69, 9.17) is 0 Å². The van der Waals surface area contributed by atoms with Crippen molar-refractivity contribution in [3.63, 3.8) is 0 Å². The average Bonchev–Trinajstić information content (AvgIpc) is 3.10. The van der Waals surface area contributed by atoms with Crippen LogP contribution in [0, 0.1) is 0 Å². The summed E-state index contributed by atoms with van der Waals surface area (Å²) in [6.07, 6.45) is 2.66. The van der Waals surface area contributed by atoms with Gasteiger partial charge in [-0.05, 0) is 31.0 Å². The number of anilines is 1. The normalized spacial score (nSPS) is 15.8. The molecule has 0 amide bonds. The predicted octanol–water partition coefficient (Wildman–Crippen LogP) is 3.49. The molecule has 0 bridgehead atoms. The highest BCUT2D eigenvalue weighted by Gasteiger charge is 2.32. The molecule has 0 aliphatic carbocycles. The fraction of sp³-hybridized carbons (Fsp3) is 0.357. The van der Waals surface area contributed by atoms with Gasteiger partial charge in [0.15, 0.2) is 0 Å². The Balaban J connectivity index is 2.09. The van der Waals surface area contributed by atoms with Gasteiger partial charge in [-0.1, -0.05) is 0 Å². The molecule has 2 heterocycles. The second-order valence-corrected chi connectivity index (χ2v) is 4.87. The first-order chi connectivity index (χ1) is 9.55. The molecule has 1 aromatic heterocycles. The van der Waals surface area contributed by atoms with Gasteiger partial charge in [0.25, 0.3) is 0 Å². The van der Waals surface area contributed by atoms with E-state index in [1.807, 2.05) is 4.90 Å². The summed E-state index contributed by atoms with van der Waals surface area (Å²) < 4.78 is 40.4. The molecule has 0 unspecified atom stereocenters. The number of hydrogen-bond donors (Lipinski definition) is 0. The number of benzene rings is 1. The van der Waals surface area contributed by atoms with Crippen LogP contribution in [0.3, 0.4) is 0 Å². The molecule has 6 heteroatoms. The summed E-state index contributed by atoms with van der Waals surface area (Å²) in [5.41, 5.74) is 0.746. The summed E-state index contributed by atoms with van der Waals surface area (Å²) in [5, 5.41) is 0. The maximum Gasteiger partial charge on any atom is 0.416 e. The lowest BCUT2D eigenvalue weighted by atomic mass is 10.1. The topological polar surface area (TPSA) is 21.1 Å². The predicted molar refractivity (Wildman–Crippen MR) is 70.0 cm³/mol. The lowest BCUT2D eigenvalue weighted by molar-refractivity contribution is -0.137. The number of imidazole rings is 1. The van der Waals surface area contributed by atoms with Gasteiger partial charge >= 0.3 is 6.18 Å². The van der Waals surface area contributed by atoms with Gasteiger partial charge in [0, 0.05) is 25.5 Å². The molecule has 1 fully saturated rings. The van der Waals surface area contributed by atoms with E-state index in [2.05, 4.69) is 4.98 Å². The van der Waals surface area contributed by atoms with Gasteiger partial charge in [-0.15, -0.1) is 0 Å². The Hall–Kier alpha value is -1.98. The second-order valence-electron chi connectivity index (χ2n) is 4.87. The van der Waals surface area contributed by atoms with Crippen LogP contribution in [0.1, 0.15) is 18.4 Å². The van der Waals surface area contributed by atoms with E-state index in [9.17, 15) is 13.2 Å². The van der Waals surface area contributed by atoms with Gasteiger partial charge in [0.05, 0.1) is 23.3 Å². The van der Waals surface area contributed by atoms with Crippen molar-refractivity contribution < 1.29 is 13.2 Å². The highest BCUT2D eigenvalue weighted by molar-refractivity contribution is 5.65. The van der Waals surface area contributed by atoms with Crippen molar-refractivity contribution in [2.75, 3.05) is 18.0 Å². The van der Waals surface area contributed by atoms with Crippen molar-refractivity contribution in [3.05, 3.63) is 42.5 Å². The zero-order chi connectivity index (χ0) is 14.2. The van der Waals surface area contributed by atoms with E-state index in [1.54, 1.807) is 23.3 Å². The van der Waals surface area contributed by atoms with Crippen LogP contribution in [0.2, 0.25) is 0 Å². The summed E-state index contributed by atoms with van der Waals surface area (Å²) in [6.45, 7) is 1.59. The number of rotatable bonds is 2. The molecule has 2 aromatic rings. The van der Waals surface area contributed by atoms with E-state index in [1.165, 1.54) is 12.1 Å². The second kappa shape index (κ2) is 4.85. The minimum Gasteiger partial charge on any atom is -0.370 e. The Bertz CT molecular complexity index is 584. The Kier molecular flexibility index (Phi) is 3.16. The smallest absolute Gasteiger partial charge is 0.370 e. The monoisotopic (exact) mass is 281 g/mol. The summed E-state index contributed by atoms with van der Waals surface area (Å²) in [4.78, 5) is 5.96. The van der Waals surface area contributed by atoms with E-state index in [0.29, 0.717) is 5.69 Å². The molecule has 0 N–H and O–H groups in total. The Morgan fingerprint density at radius 3 is 2.40 bits per heavy atom. The molecular formula is C14H14F3N3. The maximum atomic E-state index is 12.9. The first-order valence-electron chi connectivity index (χ1n) is 6.50. The third-order valence-electron chi connectivity index (χ3n) is 3.53. The van der Waals surface area contributed by atoms with Crippen molar-refractivity contribution >= 4 is 5.69 Å². The lowest BCUT2D eigenvalue weighted by Gasteiger charge is -2.23. The molecule has 0 atom stereocenters. The zero-order valence-electron chi connectivity index (χ0n) is 10.8. The SMILES string of the molecule is FC(F)(F)c1ccc(-n2ccnc2)c(N2CCCC2)c1. The van der Waals surface area contributed by atoms with Crippen LogP contribution in [0.5, 0.6) is 0 Å². The molecule has 1 aliphatic heterocycles. The van der Waals surface area contributed by atoms with E-state index in [0.717, 1.165) is 37.7 Å². The van der Waals surface area contributed by atoms with Crippen LogP contribution in [0.25, 0.3) is 5.69 Å². The number of alkyl halides is 3. The van der Waals surface area contributed by atoms with Gasteiger partial charge < -0.3 is 9.47 Å². The van der Waals surface area contributed by atoms with Crippen LogP contribution in [-0.2, 0) is 6.18 Å². The third kappa shape index (κ3) is 2.37. The van der Waals surface area contributed by atoms with E-state index in [-0.39, 0.29) is 0 Å². The van der Waals surface area contributed by atoms with Crippen LogP contribution >= 0.6 is 0 Å². The Morgan fingerprint density at radius 2 is 1.80 bits per heavy atom. The molecule has 20 heavy (non-hydrogen) atoms. The fourth-order valence-corrected chi connectivity index (χ4v) is 2.53. The number of hydrogen-bond acceptors (Lipinski definition) is 2. The molecule has 3 nitrogen and oxygen atoms in total. The van der Waals surface area contributed by atoms with Crippen LogP contribution in [0.15, 0.2) is 36.9 Å². The Morgan fingerprint density at radius 1 is 1.05 bits per heavy atom. The number of halogens is 3. The van der Waals surface area contributed by atoms with Crippen molar-refractivity contribution in [2.24, 2.45) is 0 Å². The van der Waals surface area contributed by atoms with E-state index < -0.39 is 11.7 Å². The van der Waals surface area contributed by atoms with Gasteiger partial charge in [-0.25, -0.2) is 4.98 Å². The third-order valence-corrected chi connectivity index (χ3v) is 3.53. The van der Waals surface area contributed by atoms with Crippen LogP contribution < -0.4 is 4.90 Å². The largest absolute Gasteiger partial charge is 0.416 e. The maximum absolute atomic E-state index is 12.9. The van der Waals surface area contributed by atoms with Crippen molar-refractivity contribution in [1.29, 1.82) is 0 Å². The van der Waals surface area contributed by atoms with Crippen molar-refractivity contribution in [3.8, 4) is 5.69 Å². The summed E-state index contributed by atoms with van der Waals surface area (Å²) in [6, 6.07) is 3.87. The molecule has 1 saturated heterocycles.